The molecule has 0 saturated heterocycles. The molecule has 0 amide bonds. The third-order valence-electron chi connectivity index (χ3n) is 3.64. The van der Waals surface area contributed by atoms with E-state index in [9.17, 15) is 4.79 Å². The summed E-state index contributed by atoms with van der Waals surface area (Å²) < 4.78 is 5.26. The number of carbonyl (C=O) groups excluding carboxylic acids is 1. The third kappa shape index (κ3) is 1.80. The number of fused-ring (bicyclic) bond motifs is 2. The molecular formula is C17H12N2O2. The van der Waals surface area contributed by atoms with Crippen molar-refractivity contribution in [1.29, 1.82) is 0 Å². The molecule has 4 rings (SSSR count). The molecule has 2 heterocycles. The normalized spacial score (nSPS) is 15.4. The van der Waals surface area contributed by atoms with E-state index >= 15 is 0 Å². The molecule has 0 unspecified atom stereocenters. The van der Waals surface area contributed by atoms with E-state index in [4.69, 9.17) is 10.5 Å². The van der Waals surface area contributed by atoms with Crippen molar-refractivity contribution < 1.29 is 9.53 Å². The quantitative estimate of drug-likeness (QED) is 0.310. The fourth-order valence-electron chi connectivity index (χ4n) is 2.62. The standard InChI is InChI=1S/C17H12N2O2/c18-11-5-6-12-10(9-19-15(12)8-11)7-14-13-3-1-2-4-16(13)21-17(14)20/h1-9,19H,18H2. The summed E-state index contributed by atoms with van der Waals surface area (Å²) in [5.41, 5.74) is 9.76. The second-order valence-corrected chi connectivity index (χ2v) is 4.99. The minimum atomic E-state index is -0.319. The highest BCUT2D eigenvalue weighted by atomic mass is 16.5. The van der Waals surface area contributed by atoms with Gasteiger partial charge in [0.25, 0.3) is 0 Å². The van der Waals surface area contributed by atoms with Crippen LogP contribution in [-0.2, 0) is 4.79 Å². The Morgan fingerprint density at radius 3 is 2.90 bits per heavy atom. The molecule has 2 aromatic carbocycles. The van der Waals surface area contributed by atoms with Crippen molar-refractivity contribution in [2.24, 2.45) is 0 Å². The molecule has 3 N–H and O–H groups in total. The van der Waals surface area contributed by atoms with Crippen LogP contribution in [0.1, 0.15) is 11.1 Å². The Morgan fingerprint density at radius 1 is 1.14 bits per heavy atom. The number of aromatic amines is 1. The first-order chi connectivity index (χ1) is 10.2. The number of nitrogen functional groups attached to an aromatic ring is 1. The number of carbonyl (C=O) groups is 1. The molecule has 1 aliphatic heterocycles. The van der Waals surface area contributed by atoms with E-state index < -0.39 is 0 Å². The summed E-state index contributed by atoms with van der Waals surface area (Å²) in [6.07, 6.45) is 3.72. The van der Waals surface area contributed by atoms with E-state index in [1.54, 1.807) is 6.07 Å². The maximum Gasteiger partial charge on any atom is 0.344 e. The number of hydrogen-bond donors (Lipinski definition) is 2. The Morgan fingerprint density at radius 2 is 2.00 bits per heavy atom. The number of esters is 1. The minimum absolute atomic E-state index is 0.319. The topological polar surface area (TPSA) is 68.1 Å². The second kappa shape index (κ2) is 4.24. The summed E-state index contributed by atoms with van der Waals surface area (Å²) >= 11 is 0. The first kappa shape index (κ1) is 11.8. The number of nitrogens with two attached hydrogens (primary N) is 1. The Bertz CT molecular complexity index is 906. The first-order valence-corrected chi connectivity index (χ1v) is 6.62. The van der Waals surface area contributed by atoms with Gasteiger partial charge in [-0.15, -0.1) is 0 Å². The van der Waals surface area contributed by atoms with Gasteiger partial charge in [-0.2, -0.15) is 0 Å². The Kier molecular flexibility index (Phi) is 2.38. The summed E-state index contributed by atoms with van der Waals surface area (Å²) in [4.78, 5) is 15.2. The molecule has 21 heavy (non-hydrogen) atoms. The fraction of sp³-hybridized carbons (Fsp3) is 0. The van der Waals surface area contributed by atoms with Crippen LogP contribution in [0, 0.1) is 0 Å². The van der Waals surface area contributed by atoms with E-state index in [-0.39, 0.29) is 5.97 Å². The largest absolute Gasteiger partial charge is 0.422 e. The monoisotopic (exact) mass is 276 g/mol. The maximum absolute atomic E-state index is 12.0. The molecular weight excluding hydrogens is 264 g/mol. The molecule has 0 fully saturated rings. The van der Waals surface area contributed by atoms with Crippen LogP contribution in [0.5, 0.6) is 5.75 Å². The van der Waals surface area contributed by atoms with Crippen LogP contribution in [0.15, 0.2) is 48.7 Å². The predicted molar refractivity (Wildman–Crippen MR) is 82.7 cm³/mol. The van der Waals surface area contributed by atoms with Gasteiger partial charge in [-0.05, 0) is 24.3 Å². The summed E-state index contributed by atoms with van der Waals surface area (Å²) in [6, 6.07) is 13.1. The molecule has 0 atom stereocenters. The van der Waals surface area contributed by atoms with Gasteiger partial charge in [0.15, 0.2) is 0 Å². The van der Waals surface area contributed by atoms with E-state index in [0.29, 0.717) is 17.0 Å². The molecule has 0 spiro atoms. The minimum Gasteiger partial charge on any atom is -0.422 e. The number of H-pyrrole nitrogens is 1. The van der Waals surface area contributed by atoms with Crippen LogP contribution >= 0.6 is 0 Å². The summed E-state index contributed by atoms with van der Waals surface area (Å²) in [5, 5.41) is 1.02. The fourth-order valence-corrected chi connectivity index (χ4v) is 2.62. The molecule has 0 aliphatic carbocycles. The number of rotatable bonds is 1. The first-order valence-electron chi connectivity index (χ1n) is 6.62. The highest BCUT2D eigenvalue weighted by Crippen LogP contribution is 2.36. The number of benzene rings is 2. The van der Waals surface area contributed by atoms with Gasteiger partial charge in [-0.3, -0.25) is 0 Å². The Balaban J connectivity index is 1.89. The molecule has 0 bridgehead atoms. The average molecular weight is 276 g/mol. The van der Waals surface area contributed by atoms with Crippen molar-refractivity contribution in [2.75, 3.05) is 5.73 Å². The number of hydrogen-bond acceptors (Lipinski definition) is 3. The summed E-state index contributed by atoms with van der Waals surface area (Å²) in [6.45, 7) is 0. The van der Waals surface area contributed by atoms with Crippen molar-refractivity contribution in [3.05, 3.63) is 59.8 Å². The predicted octanol–water partition coefficient (Wildman–Crippen LogP) is 3.21. The lowest BCUT2D eigenvalue weighted by Crippen LogP contribution is -2.00. The average Bonchev–Trinajstić information content (AvgIpc) is 3.01. The van der Waals surface area contributed by atoms with Crippen LogP contribution < -0.4 is 10.5 Å². The van der Waals surface area contributed by atoms with Crippen molar-refractivity contribution in [3.8, 4) is 5.75 Å². The van der Waals surface area contributed by atoms with E-state index in [0.717, 1.165) is 22.0 Å². The molecule has 4 heteroatoms. The molecule has 3 aromatic rings. The van der Waals surface area contributed by atoms with Gasteiger partial charge >= 0.3 is 5.97 Å². The van der Waals surface area contributed by atoms with Gasteiger partial charge in [0, 0.05) is 33.9 Å². The SMILES string of the molecule is Nc1ccc2c(C=C3C(=O)Oc4ccccc43)c[nH]c2c1. The summed E-state index contributed by atoms with van der Waals surface area (Å²) in [7, 11) is 0. The Labute approximate surface area is 120 Å². The van der Waals surface area contributed by atoms with Crippen LogP contribution in [-0.4, -0.2) is 11.0 Å². The zero-order valence-electron chi connectivity index (χ0n) is 11.1. The molecule has 102 valence electrons. The number of ether oxygens (including phenoxy) is 1. The van der Waals surface area contributed by atoms with Crippen molar-refractivity contribution >= 4 is 34.2 Å². The van der Waals surface area contributed by atoms with Gasteiger partial charge in [0.05, 0.1) is 5.57 Å². The lowest BCUT2D eigenvalue weighted by atomic mass is 10.0. The number of aromatic nitrogens is 1. The summed E-state index contributed by atoms with van der Waals surface area (Å²) in [5.74, 6) is 0.291. The molecule has 1 aromatic heterocycles. The zero-order chi connectivity index (χ0) is 14.4. The smallest absolute Gasteiger partial charge is 0.344 e. The number of anilines is 1. The van der Waals surface area contributed by atoms with Crippen LogP contribution in [0.3, 0.4) is 0 Å². The van der Waals surface area contributed by atoms with Crippen molar-refractivity contribution in [2.45, 2.75) is 0 Å². The van der Waals surface area contributed by atoms with Gasteiger partial charge in [0.1, 0.15) is 5.75 Å². The van der Waals surface area contributed by atoms with Crippen LogP contribution in [0.4, 0.5) is 5.69 Å². The highest BCUT2D eigenvalue weighted by Gasteiger charge is 2.26. The molecule has 0 radical (unpaired) electrons. The van der Waals surface area contributed by atoms with Crippen molar-refractivity contribution in [1.82, 2.24) is 4.98 Å². The zero-order valence-corrected chi connectivity index (χ0v) is 11.1. The highest BCUT2D eigenvalue weighted by molar-refractivity contribution is 6.26. The van der Waals surface area contributed by atoms with Gasteiger partial charge < -0.3 is 15.5 Å². The molecule has 4 nitrogen and oxygen atoms in total. The lowest BCUT2D eigenvalue weighted by molar-refractivity contribution is -0.126. The van der Waals surface area contributed by atoms with Crippen LogP contribution in [0.25, 0.3) is 22.6 Å². The third-order valence-corrected chi connectivity index (χ3v) is 3.64. The number of nitrogens with one attached hydrogen (secondary N) is 1. The van der Waals surface area contributed by atoms with Gasteiger partial charge in [-0.25, -0.2) is 4.79 Å². The van der Waals surface area contributed by atoms with Gasteiger partial charge in [-0.1, -0.05) is 24.3 Å². The van der Waals surface area contributed by atoms with Crippen molar-refractivity contribution in [3.63, 3.8) is 0 Å². The molecule has 1 aliphatic rings. The lowest BCUT2D eigenvalue weighted by Gasteiger charge is -1.97. The molecule has 0 saturated carbocycles. The Hall–Kier alpha value is -3.01. The van der Waals surface area contributed by atoms with Gasteiger partial charge in [0.2, 0.25) is 0 Å². The van der Waals surface area contributed by atoms with E-state index in [1.807, 2.05) is 48.7 Å². The van der Waals surface area contributed by atoms with Crippen LogP contribution in [0.2, 0.25) is 0 Å². The maximum atomic E-state index is 12.0. The van der Waals surface area contributed by atoms with E-state index in [2.05, 4.69) is 4.98 Å². The second-order valence-electron chi connectivity index (χ2n) is 4.99. The number of para-hydroxylation sites is 1. The van der Waals surface area contributed by atoms with E-state index in [1.165, 1.54) is 0 Å².